The number of carbonyl (C=O) groups excluding carboxylic acids is 2. The van der Waals surface area contributed by atoms with Crippen molar-refractivity contribution >= 4 is 35.1 Å². The van der Waals surface area contributed by atoms with Gasteiger partial charge in [-0.25, -0.2) is 9.59 Å². The standard InChI is InChI=1S/C19H18Cl2O4/c1-12(24-18(22)14-3-7-16(20)8-4-14)11-13(2)25-19(23)15-5-9-17(21)10-6-15/h3-10,12-13H,11H2,1-2H3/t12-,13-/m1/s1. The molecule has 2 atom stereocenters. The molecule has 0 unspecified atom stereocenters. The van der Waals surface area contributed by atoms with Gasteiger partial charge in [-0.05, 0) is 62.4 Å². The average Bonchev–Trinajstić information content (AvgIpc) is 2.55. The Labute approximate surface area is 156 Å². The van der Waals surface area contributed by atoms with Crippen LogP contribution in [0.4, 0.5) is 0 Å². The molecule has 0 saturated heterocycles. The minimum atomic E-state index is -0.444. The zero-order valence-electron chi connectivity index (χ0n) is 13.9. The number of benzene rings is 2. The number of hydrogen-bond acceptors (Lipinski definition) is 4. The molecule has 0 aliphatic rings. The Morgan fingerprint density at radius 1 is 0.760 bits per heavy atom. The van der Waals surface area contributed by atoms with Crippen LogP contribution in [0.2, 0.25) is 10.0 Å². The summed E-state index contributed by atoms with van der Waals surface area (Å²) in [4.78, 5) is 24.1. The predicted molar refractivity (Wildman–Crippen MR) is 97.3 cm³/mol. The van der Waals surface area contributed by atoms with Crippen LogP contribution in [0.25, 0.3) is 0 Å². The van der Waals surface area contributed by atoms with Gasteiger partial charge in [0.15, 0.2) is 0 Å². The van der Waals surface area contributed by atoms with Crippen LogP contribution < -0.4 is 0 Å². The van der Waals surface area contributed by atoms with E-state index in [2.05, 4.69) is 0 Å². The fourth-order valence-electron chi connectivity index (χ4n) is 2.24. The number of halogens is 2. The van der Waals surface area contributed by atoms with Crippen LogP contribution >= 0.6 is 23.2 Å². The quantitative estimate of drug-likeness (QED) is 0.648. The lowest BCUT2D eigenvalue weighted by Crippen LogP contribution is -2.23. The fraction of sp³-hybridized carbons (Fsp3) is 0.263. The second-order valence-corrected chi connectivity index (χ2v) is 6.55. The third-order valence-electron chi connectivity index (χ3n) is 3.44. The zero-order valence-corrected chi connectivity index (χ0v) is 15.4. The van der Waals surface area contributed by atoms with Crippen molar-refractivity contribution in [2.75, 3.05) is 0 Å². The van der Waals surface area contributed by atoms with Gasteiger partial charge < -0.3 is 9.47 Å². The van der Waals surface area contributed by atoms with E-state index in [-0.39, 0.29) is 0 Å². The average molecular weight is 381 g/mol. The fourth-order valence-corrected chi connectivity index (χ4v) is 2.49. The number of carbonyl (C=O) groups is 2. The van der Waals surface area contributed by atoms with Gasteiger partial charge in [0.25, 0.3) is 0 Å². The lowest BCUT2D eigenvalue weighted by molar-refractivity contribution is 0.00764. The summed E-state index contributed by atoms with van der Waals surface area (Å²) in [6.45, 7) is 3.50. The van der Waals surface area contributed by atoms with Crippen LogP contribution in [0, 0.1) is 0 Å². The topological polar surface area (TPSA) is 52.6 Å². The smallest absolute Gasteiger partial charge is 0.338 e. The summed E-state index contributed by atoms with van der Waals surface area (Å²) < 4.78 is 10.7. The third kappa shape index (κ3) is 6.07. The minimum Gasteiger partial charge on any atom is -0.459 e. The molecular weight excluding hydrogens is 363 g/mol. The first-order valence-electron chi connectivity index (χ1n) is 7.78. The van der Waals surface area contributed by atoms with E-state index >= 15 is 0 Å². The molecule has 0 aromatic heterocycles. The van der Waals surface area contributed by atoms with E-state index in [0.717, 1.165) is 0 Å². The van der Waals surface area contributed by atoms with E-state index in [1.165, 1.54) is 0 Å². The zero-order chi connectivity index (χ0) is 18.4. The number of hydrogen-bond donors (Lipinski definition) is 0. The monoisotopic (exact) mass is 380 g/mol. The molecule has 0 heterocycles. The van der Waals surface area contributed by atoms with Crippen molar-refractivity contribution in [2.45, 2.75) is 32.5 Å². The molecule has 0 amide bonds. The molecule has 6 heteroatoms. The van der Waals surface area contributed by atoms with Gasteiger partial charge in [-0.15, -0.1) is 0 Å². The van der Waals surface area contributed by atoms with Gasteiger partial charge in [0.2, 0.25) is 0 Å². The molecule has 0 N–H and O–H groups in total. The highest BCUT2D eigenvalue weighted by Crippen LogP contribution is 2.15. The summed E-state index contributed by atoms with van der Waals surface area (Å²) in [5.41, 5.74) is 0.837. The highest BCUT2D eigenvalue weighted by Gasteiger charge is 2.18. The molecule has 0 fully saturated rings. The van der Waals surface area contributed by atoms with E-state index < -0.39 is 24.1 Å². The van der Waals surface area contributed by atoms with Crippen molar-refractivity contribution in [1.82, 2.24) is 0 Å². The van der Waals surface area contributed by atoms with Gasteiger partial charge in [-0.1, -0.05) is 23.2 Å². The van der Waals surface area contributed by atoms with Crippen molar-refractivity contribution < 1.29 is 19.1 Å². The molecule has 0 aliphatic heterocycles. The summed E-state index contributed by atoms with van der Waals surface area (Å²) in [6.07, 6.45) is -0.425. The maximum absolute atomic E-state index is 12.0. The molecule has 0 bridgehead atoms. The van der Waals surface area contributed by atoms with Gasteiger partial charge in [-0.3, -0.25) is 0 Å². The Hall–Kier alpha value is -2.04. The van der Waals surface area contributed by atoms with Crippen LogP contribution in [-0.4, -0.2) is 24.1 Å². The lowest BCUT2D eigenvalue weighted by atomic mass is 10.2. The third-order valence-corrected chi connectivity index (χ3v) is 3.94. The van der Waals surface area contributed by atoms with Crippen LogP contribution in [-0.2, 0) is 9.47 Å². The number of ether oxygens (including phenoxy) is 2. The number of esters is 2. The molecule has 2 aromatic carbocycles. The van der Waals surface area contributed by atoms with Gasteiger partial charge >= 0.3 is 11.9 Å². The summed E-state index contributed by atoms with van der Waals surface area (Å²) in [5.74, 6) is -0.888. The largest absolute Gasteiger partial charge is 0.459 e. The van der Waals surface area contributed by atoms with Crippen LogP contribution in [0.15, 0.2) is 48.5 Å². The molecule has 0 radical (unpaired) electrons. The number of rotatable bonds is 6. The summed E-state index contributed by atoms with van der Waals surface area (Å²) in [5, 5.41) is 1.10. The van der Waals surface area contributed by atoms with E-state index in [9.17, 15) is 9.59 Å². The Bertz CT molecular complexity index is 663. The summed E-state index contributed by atoms with van der Waals surface area (Å²) in [6, 6.07) is 12.9. The normalized spacial score (nSPS) is 13.0. The molecule has 0 aliphatic carbocycles. The van der Waals surface area contributed by atoms with Gasteiger partial charge in [0.05, 0.1) is 11.1 Å². The van der Waals surface area contributed by atoms with Crippen LogP contribution in [0.3, 0.4) is 0 Å². The molecule has 132 valence electrons. The van der Waals surface area contributed by atoms with E-state index in [0.29, 0.717) is 27.6 Å². The second kappa shape index (κ2) is 8.88. The molecule has 2 rings (SSSR count). The van der Waals surface area contributed by atoms with Gasteiger partial charge in [0.1, 0.15) is 12.2 Å². The van der Waals surface area contributed by atoms with Crippen molar-refractivity contribution in [1.29, 1.82) is 0 Å². The maximum Gasteiger partial charge on any atom is 0.338 e. The highest BCUT2D eigenvalue weighted by molar-refractivity contribution is 6.30. The Balaban J connectivity index is 1.83. The van der Waals surface area contributed by atoms with E-state index in [1.807, 2.05) is 0 Å². The first-order chi connectivity index (χ1) is 11.8. The van der Waals surface area contributed by atoms with Gasteiger partial charge in [-0.2, -0.15) is 0 Å². The highest BCUT2D eigenvalue weighted by atomic mass is 35.5. The van der Waals surface area contributed by atoms with Crippen molar-refractivity contribution in [3.63, 3.8) is 0 Å². The van der Waals surface area contributed by atoms with Crippen LogP contribution in [0.1, 0.15) is 41.0 Å². The first-order valence-corrected chi connectivity index (χ1v) is 8.54. The SMILES string of the molecule is C[C@H](C[C@@H](C)OC(=O)c1ccc(Cl)cc1)OC(=O)c1ccc(Cl)cc1. The summed E-state index contributed by atoms with van der Waals surface area (Å²) in [7, 11) is 0. The second-order valence-electron chi connectivity index (χ2n) is 5.68. The van der Waals surface area contributed by atoms with E-state index in [1.54, 1.807) is 62.4 Å². The Morgan fingerprint density at radius 3 is 1.40 bits per heavy atom. The maximum atomic E-state index is 12.0. The van der Waals surface area contributed by atoms with E-state index in [4.69, 9.17) is 32.7 Å². The molecule has 25 heavy (non-hydrogen) atoms. The molecule has 0 saturated carbocycles. The lowest BCUT2D eigenvalue weighted by Gasteiger charge is -2.18. The molecule has 2 aromatic rings. The van der Waals surface area contributed by atoms with Crippen molar-refractivity contribution in [3.8, 4) is 0 Å². The Kier molecular flexibility index (Phi) is 6.85. The molecule has 0 spiro atoms. The molecular formula is C19H18Cl2O4. The van der Waals surface area contributed by atoms with Crippen molar-refractivity contribution in [2.24, 2.45) is 0 Å². The first kappa shape index (κ1) is 19.3. The predicted octanol–water partition coefficient (Wildman–Crippen LogP) is 5.17. The molecule has 4 nitrogen and oxygen atoms in total. The van der Waals surface area contributed by atoms with Gasteiger partial charge in [0, 0.05) is 16.5 Å². The van der Waals surface area contributed by atoms with Crippen LogP contribution in [0.5, 0.6) is 0 Å². The Morgan fingerprint density at radius 2 is 1.08 bits per heavy atom. The van der Waals surface area contributed by atoms with Crippen molar-refractivity contribution in [3.05, 3.63) is 69.7 Å². The summed E-state index contributed by atoms with van der Waals surface area (Å²) >= 11 is 11.6. The minimum absolute atomic E-state index is 0.388.